The summed E-state index contributed by atoms with van der Waals surface area (Å²) in [6.45, 7) is 7.48. The van der Waals surface area contributed by atoms with Crippen molar-refractivity contribution >= 4 is 22.7 Å². The quantitative estimate of drug-likeness (QED) is 0.324. The molecule has 2 amide bonds. The lowest BCUT2D eigenvalue weighted by Crippen LogP contribution is -2.52. The molecule has 3 aromatic rings. The normalized spacial score (nSPS) is 11.9. The Bertz CT molecular complexity index is 1100. The number of amides is 2. The Morgan fingerprint density at radius 2 is 1.79 bits per heavy atom. The van der Waals surface area contributed by atoms with Crippen LogP contribution in [0, 0.1) is 6.92 Å². The van der Waals surface area contributed by atoms with Crippen LogP contribution in [0.1, 0.15) is 35.5 Å². The lowest BCUT2D eigenvalue weighted by molar-refractivity contribution is -0.134. The molecule has 0 bridgehead atoms. The van der Waals surface area contributed by atoms with Crippen molar-refractivity contribution in [1.29, 1.82) is 0 Å². The maximum Gasteiger partial charge on any atom is 0.262 e. The number of hydrogen-bond acceptors (Lipinski definition) is 6. The van der Waals surface area contributed by atoms with E-state index in [4.69, 9.17) is 9.94 Å². The second kappa shape index (κ2) is 11.4. The molecule has 0 spiro atoms. The van der Waals surface area contributed by atoms with Gasteiger partial charge in [-0.1, -0.05) is 32.0 Å². The standard InChI is InChI=1S/C25H30N4O4/c1-4-29(5-2)23(25(31)28-32)15-26-24(30)18-10-12-20(13-11-18)33-16-19-14-17(3)27-22-9-7-6-8-21(19)22/h6-14,23,32H,4-5,15-16H2,1-3H3,(H,26,30)(H,28,31). The smallest absolute Gasteiger partial charge is 0.262 e. The van der Waals surface area contributed by atoms with Gasteiger partial charge in [0, 0.05) is 28.8 Å². The molecule has 1 atom stereocenters. The summed E-state index contributed by atoms with van der Waals surface area (Å²) in [5.41, 5.74) is 5.03. The van der Waals surface area contributed by atoms with E-state index in [-0.39, 0.29) is 12.5 Å². The second-order valence-electron chi connectivity index (χ2n) is 7.68. The summed E-state index contributed by atoms with van der Waals surface area (Å²) in [7, 11) is 0. The van der Waals surface area contributed by atoms with Crippen molar-refractivity contribution in [2.24, 2.45) is 0 Å². The number of pyridine rings is 1. The number of hydroxylamine groups is 1. The van der Waals surface area contributed by atoms with E-state index in [1.54, 1.807) is 29.7 Å². The minimum Gasteiger partial charge on any atom is -0.489 e. The summed E-state index contributed by atoms with van der Waals surface area (Å²) < 4.78 is 5.95. The monoisotopic (exact) mass is 450 g/mol. The molecule has 0 saturated carbocycles. The molecule has 1 heterocycles. The lowest BCUT2D eigenvalue weighted by Gasteiger charge is -2.27. The summed E-state index contributed by atoms with van der Waals surface area (Å²) in [6.07, 6.45) is 0. The zero-order valence-corrected chi connectivity index (χ0v) is 19.2. The first-order valence-corrected chi connectivity index (χ1v) is 11.0. The van der Waals surface area contributed by atoms with Crippen LogP contribution in [0.25, 0.3) is 10.9 Å². The highest BCUT2D eigenvalue weighted by Crippen LogP contribution is 2.21. The number of nitrogens with one attached hydrogen (secondary N) is 2. The van der Waals surface area contributed by atoms with E-state index >= 15 is 0 Å². The highest BCUT2D eigenvalue weighted by atomic mass is 16.5. The Labute approximate surface area is 193 Å². The Morgan fingerprint density at radius 1 is 1.09 bits per heavy atom. The molecule has 3 rings (SSSR count). The summed E-state index contributed by atoms with van der Waals surface area (Å²) in [4.78, 5) is 30.9. The van der Waals surface area contributed by atoms with Crippen LogP contribution in [0.4, 0.5) is 0 Å². The number of ether oxygens (including phenoxy) is 1. The molecule has 8 nitrogen and oxygen atoms in total. The molecule has 0 fully saturated rings. The van der Waals surface area contributed by atoms with Gasteiger partial charge in [0.25, 0.3) is 11.8 Å². The molecule has 0 saturated heterocycles. The fourth-order valence-electron chi connectivity index (χ4n) is 3.80. The zero-order valence-electron chi connectivity index (χ0n) is 19.2. The maximum atomic E-state index is 12.6. The number of fused-ring (bicyclic) bond motifs is 1. The molecule has 0 aliphatic carbocycles. The Morgan fingerprint density at radius 3 is 2.45 bits per heavy atom. The van der Waals surface area contributed by atoms with Crippen LogP contribution in [-0.4, -0.2) is 52.6 Å². The van der Waals surface area contributed by atoms with Gasteiger partial charge in [0.2, 0.25) is 0 Å². The predicted octanol–water partition coefficient (Wildman–Crippen LogP) is 3.07. The SMILES string of the molecule is CCN(CC)C(CNC(=O)c1ccc(OCc2cc(C)nc3ccccc23)cc1)C(=O)NO. The Balaban J connectivity index is 1.62. The average Bonchev–Trinajstić information content (AvgIpc) is 2.84. The number of carbonyl (C=O) groups excluding carboxylic acids is 2. The Kier molecular flexibility index (Phi) is 8.34. The number of aryl methyl sites for hydroxylation is 1. The number of likely N-dealkylation sites (N-methyl/N-ethyl adjacent to an activating group) is 1. The lowest BCUT2D eigenvalue weighted by atomic mass is 10.1. The van der Waals surface area contributed by atoms with Gasteiger partial charge >= 0.3 is 0 Å². The van der Waals surface area contributed by atoms with Crippen LogP contribution < -0.4 is 15.5 Å². The number of rotatable bonds is 10. The van der Waals surface area contributed by atoms with Crippen molar-refractivity contribution < 1.29 is 19.5 Å². The summed E-state index contributed by atoms with van der Waals surface area (Å²) in [6, 6.07) is 16.1. The first-order chi connectivity index (χ1) is 16.0. The molecule has 0 aliphatic rings. The van der Waals surface area contributed by atoms with E-state index in [9.17, 15) is 9.59 Å². The van der Waals surface area contributed by atoms with Gasteiger partial charge in [-0.3, -0.25) is 24.7 Å². The van der Waals surface area contributed by atoms with Crippen molar-refractivity contribution in [3.05, 3.63) is 71.4 Å². The third-order valence-corrected chi connectivity index (χ3v) is 5.56. The highest BCUT2D eigenvalue weighted by Gasteiger charge is 2.24. The molecule has 8 heteroatoms. The number of nitrogens with zero attached hydrogens (tertiary/aromatic N) is 2. The largest absolute Gasteiger partial charge is 0.489 e. The highest BCUT2D eigenvalue weighted by molar-refractivity contribution is 5.94. The van der Waals surface area contributed by atoms with Gasteiger partial charge in [0.1, 0.15) is 18.4 Å². The molecule has 33 heavy (non-hydrogen) atoms. The van der Waals surface area contributed by atoms with Crippen molar-refractivity contribution in [3.8, 4) is 5.75 Å². The van der Waals surface area contributed by atoms with Gasteiger partial charge in [-0.2, -0.15) is 0 Å². The Hall–Kier alpha value is -3.49. The summed E-state index contributed by atoms with van der Waals surface area (Å²) in [5.74, 6) is -0.215. The molecular formula is C25H30N4O4. The van der Waals surface area contributed by atoms with Crippen molar-refractivity contribution in [3.63, 3.8) is 0 Å². The van der Waals surface area contributed by atoms with Gasteiger partial charge in [-0.05, 0) is 56.4 Å². The predicted molar refractivity (Wildman–Crippen MR) is 126 cm³/mol. The van der Waals surface area contributed by atoms with E-state index in [1.807, 2.05) is 56.0 Å². The molecule has 174 valence electrons. The van der Waals surface area contributed by atoms with Gasteiger partial charge in [-0.25, -0.2) is 5.48 Å². The first kappa shape index (κ1) is 24.2. The minimum atomic E-state index is -0.657. The molecule has 2 aromatic carbocycles. The van der Waals surface area contributed by atoms with E-state index in [2.05, 4.69) is 10.3 Å². The molecule has 3 N–H and O–H groups in total. The van der Waals surface area contributed by atoms with Crippen LogP contribution in [0.15, 0.2) is 54.6 Å². The second-order valence-corrected chi connectivity index (χ2v) is 7.68. The summed E-state index contributed by atoms with van der Waals surface area (Å²) >= 11 is 0. The van der Waals surface area contributed by atoms with Crippen molar-refractivity contribution in [2.45, 2.75) is 33.4 Å². The van der Waals surface area contributed by atoms with Gasteiger partial charge in [0.05, 0.1) is 5.52 Å². The number of para-hydroxylation sites is 1. The van der Waals surface area contributed by atoms with Crippen LogP contribution in [-0.2, 0) is 11.4 Å². The minimum absolute atomic E-state index is 0.0830. The molecule has 0 radical (unpaired) electrons. The third-order valence-electron chi connectivity index (χ3n) is 5.56. The van der Waals surface area contributed by atoms with Crippen molar-refractivity contribution in [2.75, 3.05) is 19.6 Å². The van der Waals surface area contributed by atoms with Crippen LogP contribution in [0.5, 0.6) is 5.75 Å². The fraction of sp³-hybridized carbons (Fsp3) is 0.320. The zero-order chi connectivity index (χ0) is 23.8. The average molecular weight is 451 g/mol. The number of hydrogen-bond donors (Lipinski definition) is 3. The first-order valence-electron chi connectivity index (χ1n) is 11.0. The van der Waals surface area contributed by atoms with E-state index in [0.717, 1.165) is 22.2 Å². The van der Waals surface area contributed by atoms with Crippen LogP contribution >= 0.6 is 0 Å². The maximum absolute atomic E-state index is 12.6. The third kappa shape index (κ3) is 6.06. The van der Waals surface area contributed by atoms with Gasteiger partial charge in [0.15, 0.2) is 0 Å². The van der Waals surface area contributed by atoms with E-state index in [0.29, 0.717) is 31.0 Å². The molecule has 1 aromatic heterocycles. The number of carbonyl (C=O) groups is 2. The number of aromatic nitrogens is 1. The van der Waals surface area contributed by atoms with E-state index < -0.39 is 11.9 Å². The van der Waals surface area contributed by atoms with E-state index in [1.165, 1.54) is 0 Å². The fourth-order valence-corrected chi connectivity index (χ4v) is 3.80. The van der Waals surface area contributed by atoms with Gasteiger partial charge in [-0.15, -0.1) is 0 Å². The summed E-state index contributed by atoms with van der Waals surface area (Å²) in [5, 5.41) is 12.8. The molecular weight excluding hydrogens is 420 g/mol. The molecule has 1 unspecified atom stereocenters. The molecule has 0 aliphatic heterocycles. The topological polar surface area (TPSA) is 104 Å². The van der Waals surface area contributed by atoms with Crippen molar-refractivity contribution in [1.82, 2.24) is 20.7 Å². The number of benzene rings is 2. The van der Waals surface area contributed by atoms with Crippen LogP contribution in [0.3, 0.4) is 0 Å². The van der Waals surface area contributed by atoms with Gasteiger partial charge < -0.3 is 10.1 Å². The van der Waals surface area contributed by atoms with Crippen LogP contribution in [0.2, 0.25) is 0 Å².